The zero-order valence-corrected chi connectivity index (χ0v) is 15.5. The van der Waals surface area contributed by atoms with Crippen LogP contribution in [0.25, 0.3) is 5.69 Å². The maximum absolute atomic E-state index is 4.79. The van der Waals surface area contributed by atoms with Crippen molar-refractivity contribution in [2.24, 2.45) is 0 Å². The molecular weight excluding hydrogens is 314 g/mol. The van der Waals surface area contributed by atoms with Crippen LogP contribution in [-0.2, 0) is 6.42 Å². The predicted molar refractivity (Wildman–Crippen MR) is 102 cm³/mol. The van der Waals surface area contributed by atoms with Crippen LogP contribution in [0.2, 0.25) is 0 Å². The van der Waals surface area contributed by atoms with E-state index in [9.17, 15) is 0 Å². The van der Waals surface area contributed by atoms with Crippen LogP contribution in [0.5, 0.6) is 0 Å². The number of nitrogens with zero attached hydrogens (tertiary/aromatic N) is 2. The van der Waals surface area contributed by atoms with Crippen LogP contribution in [0.3, 0.4) is 0 Å². The van der Waals surface area contributed by atoms with Gasteiger partial charge in [-0.15, -0.1) is 0 Å². The molecule has 1 N–H and O–H groups in total. The lowest BCUT2D eigenvalue weighted by atomic mass is 9.91. The fourth-order valence-corrected chi connectivity index (χ4v) is 5.16. The molecule has 0 amide bonds. The van der Waals surface area contributed by atoms with Crippen LogP contribution in [0.1, 0.15) is 54.1 Å². The van der Waals surface area contributed by atoms with Crippen LogP contribution in [0.4, 0.5) is 0 Å². The predicted octanol–water partition coefficient (Wildman–Crippen LogP) is 4.35. The first-order chi connectivity index (χ1) is 11.7. The van der Waals surface area contributed by atoms with Gasteiger partial charge in [-0.3, -0.25) is 0 Å². The van der Waals surface area contributed by atoms with E-state index in [4.69, 9.17) is 5.10 Å². The first-order valence-electron chi connectivity index (χ1n) is 9.21. The first-order valence-corrected chi connectivity index (χ1v) is 10.4. The third-order valence-electron chi connectivity index (χ3n) is 5.65. The summed E-state index contributed by atoms with van der Waals surface area (Å²) in [4.78, 5) is 0. The van der Waals surface area contributed by atoms with Gasteiger partial charge in [0.15, 0.2) is 0 Å². The molecule has 0 bridgehead atoms. The van der Waals surface area contributed by atoms with Gasteiger partial charge in [-0.1, -0.05) is 12.1 Å². The van der Waals surface area contributed by atoms with Crippen molar-refractivity contribution in [2.45, 2.75) is 58.0 Å². The number of nitrogens with one attached hydrogen (secondary N) is 1. The third kappa shape index (κ3) is 3.02. The molecule has 1 aliphatic heterocycles. The Labute approximate surface area is 149 Å². The molecule has 0 saturated carbocycles. The Balaban J connectivity index is 1.63. The minimum absolute atomic E-state index is 0.487. The van der Waals surface area contributed by atoms with E-state index >= 15 is 0 Å². The van der Waals surface area contributed by atoms with Crippen LogP contribution in [0, 0.1) is 13.8 Å². The molecule has 1 saturated heterocycles. The molecule has 0 spiro atoms. The van der Waals surface area contributed by atoms with Crippen LogP contribution < -0.4 is 5.32 Å². The van der Waals surface area contributed by atoms with Crippen molar-refractivity contribution in [3.05, 3.63) is 46.8 Å². The van der Waals surface area contributed by atoms with Gasteiger partial charge in [0.25, 0.3) is 0 Å². The van der Waals surface area contributed by atoms with E-state index in [1.807, 2.05) is 0 Å². The summed E-state index contributed by atoms with van der Waals surface area (Å²) < 4.78 is 2.20. The summed E-state index contributed by atoms with van der Waals surface area (Å²) >= 11 is 2.09. The largest absolute Gasteiger partial charge is 0.307 e. The highest BCUT2D eigenvalue weighted by atomic mass is 32.2. The maximum Gasteiger partial charge on any atom is 0.0680 e. The van der Waals surface area contributed by atoms with Crippen molar-refractivity contribution in [2.75, 3.05) is 11.5 Å². The van der Waals surface area contributed by atoms with Crippen molar-refractivity contribution in [1.82, 2.24) is 15.1 Å². The summed E-state index contributed by atoms with van der Waals surface area (Å²) in [5, 5.41) is 8.72. The smallest absolute Gasteiger partial charge is 0.0680 e. The van der Waals surface area contributed by atoms with Gasteiger partial charge in [-0.2, -0.15) is 16.9 Å². The van der Waals surface area contributed by atoms with E-state index < -0.39 is 0 Å². The van der Waals surface area contributed by atoms with Crippen molar-refractivity contribution < 1.29 is 0 Å². The number of rotatable bonds is 3. The number of hydrogen-bond donors (Lipinski definition) is 1. The molecule has 3 nitrogen and oxygen atoms in total. The van der Waals surface area contributed by atoms with E-state index in [0.717, 1.165) is 6.42 Å². The molecule has 1 atom stereocenters. The zero-order valence-electron chi connectivity index (χ0n) is 14.7. The maximum atomic E-state index is 4.79. The number of fused-ring (bicyclic) bond motifs is 1. The molecule has 128 valence electrons. The Bertz CT molecular complexity index is 716. The highest BCUT2D eigenvalue weighted by molar-refractivity contribution is 7.99. The molecule has 2 aromatic rings. The lowest BCUT2D eigenvalue weighted by Gasteiger charge is -2.31. The number of benzene rings is 1. The lowest BCUT2D eigenvalue weighted by molar-refractivity contribution is 0.377. The van der Waals surface area contributed by atoms with Gasteiger partial charge < -0.3 is 5.32 Å². The minimum Gasteiger partial charge on any atom is -0.307 e. The molecule has 1 aliphatic carbocycles. The Morgan fingerprint density at radius 2 is 2.00 bits per heavy atom. The second-order valence-electron chi connectivity index (χ2n) is 7.18. The number of thioether (sulfide) groups is 1. The molecule has 4 rings (SSSR count). The molecule has 2 aliphatic rings. The molecule has 1 aromatic carbocycles. The van der Waals surface area contributed by atoms with Gasteiger partial charge >= 0.3 is 0 Å². The van der Waals surface area contributed by atoms with E-state index in [-0.39, 0.29) is 0 Å². The highest BCUT2D eigenvalue weighted by Crippen LogP contribution is 2.33. The Morgan fingerprint density at radius 3 is 2.83 bits per heavy atom. The molecule has 1 unspecified atom stereocenters. The highest BCUT2D eigenvalue weighted by Gasteiger charge is 2.27. The quantitative estimate of drug-likeness (QED) is 0.900. The summed E-state index contributed by atoms with van der Waals surface area (Å²) in [5.41, 5.74) is 6.76. The summed E-state index contributed by atoms with van der Waals surface area (Å²) in [6.45, 7) is 4.39. The Hall–Kier alpha value is -1.26. The van der Waals surface area contributed by atoms with E-state index in [1.165, 1.54) is 65.3 Å². The molecule has 0 radical (unpaired) electrons. The molecule has 4 heteroatoms. The van der Waals surface area contributed by atoms with Gasteiger partial charge in [-0.25, -0.2) is 4.68 Å². The molecule has 1 aromatic heterocycles. The standard InChI is InChI=1S/C20H27N3S/c1-14-5-3-7-19(15(14)2)23-20-8-4-6-18(17(20)13-21-23)22-16-9-11-24-12-10-16/h3,5,7,13,16,18,22H,4,6,8-12H2,1-2H3. The molecule has 1 fully saturated rings. The third-order valence-corrected chi connectivity index (χ3v) is 6.69. The van der Waals surface area contributed by atoms with E-state index in [0.29, 0.717) is 12.1 Å². The molecule has 2 heterocycles. The summed E-state index contributed by atoms with van der Waals surface area (Å²) in [6.07, 6.45) is 8.37. The summed E-state index contributed by atoms with van der Waals surface area (Å²) in [6, 6.07) is 7.70. The van der Waals surface area contributed by atoms with Gasteiger partial charge in [0.1, 0.15) is 0 Å². The Kier molecular flexibility index (Phi) is 4.68. The summed E-state index contributed by atoms with van der Waals surface area (Å²) in [5.74, 6) is 2.61. The first kappa shape index (κ1) is 16.2. The lowest BCUT2D eigenvalue weighted by Crippen LogP contribution is -2.37. The van der Waals surface area contributed by atoms with Gasteiger partial charge in [-0.05, 0) is 74.7 Å². The molecular formula is C20H27N3S. The van der Waals surface area contributed by atoms with Gasteiger partial charge in [0, 0.05) is 23.3 Å². The zero-order chi connectivity index (χ0) is 16.5. The van der Waals surface area contributed by atoms with E-state index in [1.54, 1.807) is 0 Å². The molecule has 24 heavy (non-hydrogen) atoms. The SMILES string of the molecule is Cc1cccc(-n2ncc3c2CCCC3NC2CCSCC2)c1C. The fourth-order valence-electron chi connectivity index (χ4n) is 4.05. The minimum atomic E-state index is 0.487. The second-order valence-corrected chi connectivity index (χ2v) is 8.40. The van der Waals surface area contributed by atoms with Crippen LogP contribution in [-0.4, -0.2) is 27.3 Å². The van der Waals surface area contributed by atoms with Crippen molar-refractivity contribution >= 4 is 11.8 Å². The fraction of sp³-hybridized carbons (Fsp3) is 0.550. The van der Waals surface area contributed by atoms with Crippen LogP contribution >= 0.6 is 11.8 Å². The average Bonchev–Trinajstić information content (AvgIpc) is 3.03. The van der Waals surface area contributed by atoms with Crippen molar-refractivity contribution in [3.63, 3.8) is 0 Å². The second kappa shape index (κ2) is 6.93. The Morgan fingerprint density at radius 1 is 1.17 bits per heavy atom. The summed E-state index contributed by atoms with van der Waals surface area (Å²) in [7, 11) is 0. The van der Waals surface area contributed by atoms with Crippen molar-refractivity contribution in [3.8, 4) is 5.69 Å². The number of hydrogen-bond acceptors (Lipinski definition) is 3. The monoisotopic (exact) mass is 341 g/mol. The van der Waals surface area contributed by atoms with Crippen LogP contribution in [0.15, 0.2) is 24.4 Å². The number of aryl methyl sites for hydroxylation is 1. The topological polar surface area (TPSA) is 29.9 Å². The van der Waals surface area contributed by atoms with E-state index in [2.05, 4.69) is 60.0 Å². The van der Waals surface area contributed by atoms with Crippen molar-refractivity contribution in [1.29, 1.82) is 0 Å². The normalized spacial score (nSPS) is 21.7. The van der Waals surface area contributed by atoms with Gasteiger partial charge in [0.05, 0.1) is 11.9 Å². The number of aromatic nitrogens is 2. The average molecular weight is 342 g/mol. The van der Waals surface area contributed by atoms with Gasteiger partial charge in [0.2, 0.25) is 0 Å².